The first-order valence-electron chi connectivity index (χ1n) is 12.3. The number of imidazole rings is 1. The summed E-state index contributed by atoms with van der Waals surface area (Å²) in [7, 11) is 0. The molecule has 0 saturated carbocycles. The Kier molecular flexibility index (Phi) is 8.63. The van der Waals surface area contributed by atoms with Crippen LogP contribution in [0.25, 0.3) is 16.9 Å². The smallest absolute Gasteiger partial charge is 0.475 e. The van der Waals surface area contributed by atoms with Crippen molar-refractivity contribution in [2.45, 2.75) is 26.2 Å². The Labute approximate surface area is 228 Å². The first-order chi connectivity index (χ1) is 19.2. The number of aromatic nitrogens is 4. The van der Waals surface area contributed by atoms with Crippen LogP contribution in [-0.4, -0.2) is 53.5 Å². The first kappa shape index (κ1) is 28.1. The van der Waals surface area contributed by atoms with Crippen molar-refractivity contribution in [2.75, 3.05) is 6.54 Å². The molecule has 0 fully saturated rings. The zero-order chi connectivity index (χ0) is 28.7. The van der Waals surface area contributed by atoms with Gasteiger partial charge >= 0.3 is 12.1 Å². The molecule has 4 aromatic heterocycles. The molecule has 0 atom stereocenters. The number of amides is 1. The largest absolute Gasteiger partial charge is 0.490 e. The Morgan fingerprint density at radius 1 is 0.950 bits per heavy atom. The zero-order valence-electron chi connectivity index (χ0n) is 21.5. The van der Waals surface area contributed by atoms with Crippen molar-refractivity contribution in [2.24, 2.45) is 0 Å². The number of carbonyl (C=O) groups excluding carboxylic acids is 1. The van der Waals surface area contributed by atoms with E-state index in [1.807, 2.05) is 108 Å². The fourth-order valence-corrected chi connectivity index (χ4v) is 4.03. The summed E-state index contributed by atoms with van der Waals surface area (Å²) in [4.78, 5) is 33.5. The van der Waals surface area contributed by atoms with Crippen molar-refractivity contribution < 1.29 is 27.9 Å². The molecule has 5 rings (SSSR count). The summed E-state index contributed by atoms with van der Waals surface area (Å²) >= 11 is 0. The lowest BCUT2D eigenvalue weighted by molar-refractivity contribution is -0.192. The fraction of sp³-hybridized carbons (Fsp3) is 0.172. The Bertz CT molecular complexity index is 1580. The molecule has 1 N–H and O–H groups in total. The standard InChI is InChI=1S/C27H25N5O.C2HF3O2/c1-2-31(18-21-10-4-3-5-11-21)27(33)25-24-13-7-9-16-32(24)26(29-25)22-14-17-30(19-22)20-23-12-6-8-15-28-23;3-2(4,5)1(6)7/h3-17,19H,2,18,20H2,1H3;(H,6,7). The van der Waals surface area contributed by atoms with Crippen LogP contribution in [0.3, 0.4) is 0 Å². The monoisotopic (exact) mass is 549 g/mol. The molecule has 0 bridgehead atoms. The van der Waals surface area contributed by atoms with Crippen LogP contribution in [-0.2, 0) is 17.9 Å². The van der Waals surface area contributed by atoms with E-state index in [-0.39, 0.29) is 5.91 Å². The van der Waals surface area contributed by atoms with Gasteiger partial charge in [0.2, 0.25) is 0 Å². The Balaban J connectivity index is 0.000000470. The predicted molar refractivity (Wildman–Crippen MR) is 143 cm³/mol. The van der Waals surface area contributed by atoms with Crippen molar-refractivity contribution in [3.05, 3.63) is 115 Å². The molecule has 0 aliphatic carbocycles. The Morgan fingerprint density at radius 2 is 1.65 bits per heavy atom. The second-order valence-electron chi connectivity index (χ2n) is 8.74. The van der Waals surface area contributed by atoms with E-state index in [2.05, 4.69) is 9.55 Å². The van der Waals surface area contributed by atoms with Crippen LogP contribution >= 0.6 is 0 Å². The van der Waals surface area contributed by atoms with Gasteiger partial charge in [-0.05, 0) is 42.8 Å². The Morgan fingerprint density at radius 3 is 2.30 bits per heavy atom. The number of carboxylic acids is 1. The van der Waals surface area contributed by atoms with Crippen molar-refractivity contribution >= 4 is 17.4 Å². The van der Waals surface area contributed by atoms with Gasteiger partial charge in [-0.3, -0.25) is 14.2 Å². The molecule has 0 radical (unpaired) electrons. The van der Waals surface area contributed by atoms with E-state index in [1.54, 1.807) is 6.20 Å². The van der Waals surface area contributed by atoms with Gasteiger partial charge in [0.1, 0.15) is 5.82 Å². The highest BCUT2D eigenvalue weighted by Crippen LogP contribution is 2.25. The maximum Gasteiger partial charge on any atom is 0.490 e. The molecule has 8 nitrogen and oxygen atoms in total. The number of alkyl halides is 3. The van der Waals surface area contributed by atoms with E-state index in [0.29, 0.717) is 25.3 Å². The maximum absolute atomic E-state index is 13.5. The van der Waals surface area contributed by atoms with E-state index in [1.165, 1.54) is 0 Å². The number of nitrogens with zero attached hydrogens (tertiary/aromatic N) is 5. The van der Waals surface area contributed by atoms with Crippen LogP contribution in [0, 0.1) is 0 Å². The van der Waals surface area contributed by atoms with Crippen molar-refractivity contribution in [3.63, 3.8) is 0 Å². The topological polar surface area (TPSA) is 92.7 Å². The predicted octanol–water partition coefficient (Wildman–Crippen LogP) is 5.54. The molecule has 0 aliphatic heterocycles. The molecular formula is C29H26F3N5O3. The number of benzene rings is 1. The van der Waals surface area contributed by atoms with Crippen LogP contribution in [0.5, 0.6) is 0 Å². The van der Waals surface area contributed by atoms with Gasteiger partial charge in [-0.25, -0.2) is 9.78 Å². The lowest BCUT2D eigenvalue weighted by atomic mass is 10.2. The summed E-state index contributed by atoms with van der Waals surface area (Å²) in [5, 5.41) is 7.12. The average Bonchev–Trinajstić information content (AvgIpc) is 3.57. The van der Waals surface area contributed by atoms with Gasteiger partial charge < -0.3 is 14.6 Å². The number of aliphatic carboxylic acids is 1. The minimum Gasteiger partial charge on any atom is -0.475 e. The molecule has 0 unspecified atom stereocenters. The number of carbonyl (C=O) groups is 2. The molecule has 0 spiro atoms. The molecule has 40 heavy (non-hydrogen) atoms. The highest BCUT2D eigenvalue weighted by molar-refractivity contribution is 6.00. The molecular weight excluding hydrogens is 523 g/mol. The highest BCUT2D eigenvalue weighted by Gasteiger charge is 2.38. The molecule has 0 aliphatic rings. The number of carboxylic acid groups (broad SMARTS) is 1. The molecule has 4 heterocycles. The van der Waals surface area contributed by atoms with Gasteiger partial charge in [-0.2, -0.15) is 13.2 Å². The summed E-state index contributed by atoms with van der Waals surface area (Å²) < 4.78 is 35.8. The Hall–Kier alpha value is -4.93. The number of halogens is 3. The SMILES string of the molecule is CCN(Cc1ccccc1)C(=O)c1nc(-c2ccn(Cc3ccccn3)c2)n2ccccc12.O=C(O)C(F)(F)F. The number of pyridine rings is 2. The van der Waals surface area contributed by atoms with Gasteiger partial charge in [-0.1, -0.05) is 42.5 Å². The molecule has 1 aromatic carbocycles. The van der Waals surface area contributed by atoms with Crippen LogP contribution in [0.1, 0.15) is 28.7 Å². The highest BCUT2D eigenvalue weighted by atomic mass is 19.4. The van der Waals surface area contributed by atoms with E-state index in [4.69, 9.17) is 14.9 Å². The van der Waals surface area contributed by atoms with Crippen molar-refractivity contribution in [1.82, 2.24) is 23.8 Å². The summed E-state index contributed by atoms with van der Waals surface area (Å²) in [6, 6.07) is 23.8. The number of fused-ring (bicyclic) bond motifs is 1. The maximum atomic E-state index is 13.5. The third kappa shape index (κ3) is 6.73. The van der Waals surface area contributed by atoms with Crippen molar-refractivity contribution in [3.8, 4) is 11.4 Å². The molecule has 11 heteroatoms. The summed E-state index contributed by atoms with van der Waals surface area (Å²) in [6.45, 7) is 3.83. The van der Waals surface area contributed by atoms with Gasteiger partial charge in [0, 0.05) is 43.4 Å². The van der Waals surface area contributed by atoms with Gasteiger partial charge in [0.05, 0.1) is 17.8 Å². The quantitative estimate of drug-likeness (QED) is 0.288. The lowest BCUT2D eigenvalue weighted by Crippen LogP contribution is -2.30. The molecule has 0 saturated heterocycles. The average molecular weight is 550 g/mol. The zero-order valence-corrected chi connectivity index (χ0v) is 21.5. The van der Waals surface area contributed by atoms with E-state index >= 15 is 0 Å². The van der Waals surface area contributed by atoms with Gasteiger partial charge in [-0.15, -0.1) is 0 Å². The third-order valence-electron chi connectivity index (χ3n) is 5.96. The lowest BCUT2D eigenvalue weighted by Gasteiger charge is -2.20. The van der Waals surface area contributed by atoms with E-state index < -0.39 is 12.1 Å². The van der Waals surface area contributed by atoms with Crippen LogP contribution in [0.4, 0.5) is 13.2 Å². The fourth-order valence-electron chi connectivity index (χ4n) is 4.03. The molecule has 5 aromatic rings. The van der Waals surface area contributed by atoms with E-state index in [9.17, 15) is 18.0 Å². The minimum absolute atomic E-state index is 0.0655. The number of hydrogen-bond acceptors (Lipinski definition) is 4. The summed E-state index contributed by atoms with van der Waals surface area (Å²) in [5.41, 5.74) is 4.32. The minimum atomic E-state index is -5.08. The van der Waals surface area contributed by atoms with E-state index in [0.717, 1.165) is 28.2 Å². The van der Waals surface area contributed by atoms with Gasteiger partial charge in [0.15, 0.2) is 5.69 Å². The molecule has 206 valence electrons. The summed E-state index contributed by atoms with van der Waals surface area (Å²) in [5.74, 6) is -2.07. The third-order valence-corrected chi connectivity index (χ3v) is 5.96. The van der Waals surface area contributed by atoms with Crippen molar-refractivity contribution in [1.29, 1.82) is 0 Å². The first-order valence-corrected chi connectivity index (χ1v) is 12.3. The second kappa shape index (κ2) is 12.3. The number of rotatable bonds is 7. The van der Waals surface area contributed by atoms with Crippen LogP contribution in [0.15, 0.2) is 97.6 Å². The second-order valence-corrected chi connectivity index (χ2v) is 8.74. The normalized spacial score (nSPS) is 11.1. The van der Waals surface area contributed by atoms with Gasteiger partial charge in [0.25, 0.3) is 5.91 Å². The molecule has 1 amide bonds. The van der Waals surface area contributed by atoms with Crippen LogP contribution in [0.2, 0.25) is 0 Å². The summed E-state index contributed by atoms with van der Waals surface area (Å²) in [6.07, 6.45) is 2.74. The van der Waals surface area contributed by atoms with Crippen LogP contribution < -0.4 is 0 Å². The number of hydrogen-bond donors (Lipinski definition) is 1.